The van der Waals surface area contributed by atoms with E-state index in [1.54, 1.807) is 12.1 Å². The molecule has 0 spiro atoms. The molecule has 14 heavy (non-hydrogen) atoms. The lowest BCUT2D eigenvalue weighted by atomic mass is 10.3. The van der Waals surface area contributed by atoms with Crippen LogP contribution in [0.15, 0.2) is 16.5 Å². The summed E-state index contributed by atoms with van der Waals surface area (Å²) < 4.78 is 5.26. The van der Waals surface area contributed by atoms with E-state index in [-0.39, 0.29) is 12.6 Å². The minimum atomic E-state index is 0.0648. The average Bonchev–Trinajstić information content (AvgIpc) is 2.61. The maximum absolute atomic E-state index is 10.4. The van der Waals surface area contributed by atoms with E-state index in [9.17, 15) is 4.79 Å². The quantitative estimate of drug-likeness (QED) is 0.723. The third-order valence-corrected chi connectivity index (χ3v) is 1.98. The molecule has 0 aliphatic heterocycles. The number of hydrogen-bond acceptors (Lipinski definition) is 4. The molecule has 1 rings (SSSR count). The fourth-order valence-corrected chi connectivity index (χ4v) is 1.29. The molecule has 0 saturated carbocycles. The Hall–Kier alpha value is -1.29. The molecule has 1 aromatic rings. The van der Waals surface area contributed by atoms with Crippen molar-refractivity contribution >= 4 is 12.2 Å². The van der Waals surface area contributed by atoms with Gasteiger partial charge in [0, 0.05) is 18.7 Å². The van der Waals surface area contributed by atoms with Crippen molar-refractivity contribution in [1.82, 2.24) is 0 Å². The van der Waals surface area contributed by atoms with Crippen LogP contribution in [0.2, 0.25) is 0 Å². The van der Waals surface area contributed by atoms with Gasteiger partial charge in [-0.15, -0.1) is 0 Å². The van der Waals surface area contributed by atoms with Gasteiger partial charge in [-0.3, -0.25) is 4.79 Å². The smallest absolute Gasteiger partial charge is 0.196 e. The molecular weight excluding hydrogens is 182 g/mol. The van der Waals surface area contributed by atoms with Crippen LogP contribution < -0.4 is 4.90 Å². The van der Waals surface area contributed by atoms with Crippen LogP contribution in [-0.4, -0.2) is 30.6 Å². The van der Waals surface area contributed by atoms with E-state index in [2.05, 4.69) is 0 Å². The van der Waals surface area contributed by atoms with Crippen LogP contribution in [0.4, 0.5) is 5.88 Å². The lowest BCUT2D eigenvalue weighted by molar-refractivity contribution is 0.110. The van der Waals surface area contributed by atoms with Gasteiger partial charge in [0.1, 0.15) is 0 Å². The minimum Gasteiger partial charge on any atom is -0.438 e. The van der Waals surface area contributed by atoms with Crippen molar-refractivity contribution in [3.8, 4) is 0 Å². The Morgan fingerprint density at radius 3 is 2.71 bits per heavy atom. The van der Waals surface area contributed by atoms with Crippen molar-refractivity contribution in [1.29, 1.82) is 0 Å². The molecule has 0 aromatic carbocycles. The van der Waals surface area contributed by atoms with E-state index in [0.717, 1.165) is 0 Å². The summed E-state index contributed by atoms with van der Waals surface area (Å²) in [7, 11) is 0. The van der Waals surface area contributed by atoms with Gasteiger partial charge in [-0.25, -0.2) is 0 Å². The predicted molar refractivity (Wildman–Crippen MR) is 53.7 cm³/mol. The molecule has 0 aliphatic rings. The molecule has 0 saturated heterocycles. The standard InChI is InChI=1S/C10H15NO3/c1-8(2)11(5-6-12)10-4-3-9(7-13)14-10/h3-4,7-8,12H,5-6H2,1-2H3. The normalized spacial score (nSPS) is 10.6. The summed E-state index contributed by atoms with van der Waals surface area (Å²) in [6.07, 6.45) is 0.668. The number of hydrogen-bond donors (Lipinski definition) is 1. The Balaban J connectivity index is 2.81. The molecule has 1 heterocycles. The van der Waals surface area contributed by atoms with Crippen LogP contribution in [0.1, 0.15) is 24.4 Å². The molecule has 0 radical (unpaired) electrons. The van der Waals surface area contributed by atoms with Gasteiger partial charge in [-0.2, -0.15) is 0 Å². The molecule has 0 unspecified atom stereocenters. The first kappa shape index (κ1) is 10.8. The van der Waals surface area contributed by atoms with E-state index in [4.69, 9.17) is 9.52 Å². The van der Waals surface area contributed by atoms with Gasteiger partial charge in [0.2, 0.25) is 0 Å². The van der Waals surface area contributed by atoms with Gasteiger partial charge >= 0.3 is 0 Å². The Morgan fingerprint density at radius 1 is 1.57 bits per heavy atom. The second-order valence-electron chi connectivity index (χ2n) is 3.30. The number of anilines is 1. The number of rotatable bonds is 5. The van der Waals surface area contributed by atoms with Crippen LogP contribution in [0, 0.1) is 0 Å². The molecule has 1 aromatic heterocycles. The molecular formula is C10H15NO3. The average molecular weight is 197 g/mol. The summed E-state index contributed by atoms with van der Waals surface area (Å²) >= 11 is 0. The summed E-state index contributed by atoms with van der Waals surface area (Å²) in [4.78, 5) is 12.3. The second-order valence-corrected chi connectivity index (χ2v) is 3.30. The van der Waals surface area contributed by atoms with Gasteiger partial charge in [-0.1, -0.05) is 0 Å². The number of aldehydes is 1. The maximum atomic E-state index is 10.4. The molecule has 0 bridgehead atoms. The summed E-state index contributed by atoms with van der Waals surface area (Å²) in [6.45, 7) is 4.57. The van der Waals surface area contributed by atoms with Crippen molar-refractivity contribution in [2.45, 2.75) is 19.9 Å². The molecule has 1 N–H and O–H groups in total. The van der Waals surface area contributed by atoms with Crippen molar-refractivity contribution in [3.05, 3.63) is 17.9 Å². The first-order valence-electron chi connectivity index (χ1n) is 4.61. The molecule has 0 atom stereocenters. The largest absolute Gasteiger partial charge is 0.438 e. The zero-order chi connectivity index (χ0) is 10.6. The lowest BCUT2D eigenvalue weighted by Gasteiger charge is -2.24. The molecule has 0 aliphatic carbocycles. The first-order chi connectivity index (χ1) is 6.69. The molecule has 4 nitrogen and oxygen atoms in total. The third-order valence-electron chi connectivity index (χ3n) is 1.98. The summed E-state index contributed by atoms with van der Waals surface area (Å²) in [5, 5.41) is 8.86. The Morgan fingerprint density at radius 2 is 2.29 bits per heavy atom. The zero-order valence-electron chi connectivity index (χ0n) is 8.43. The lowest BCUT2D eigenvalue weighted by Crippen LogP contribution is -2.32. The number of carbonyl (C=O) groups excluding carboxylic acids is 1. The van der Waals surface area contributed by atoms with E-state index >= 15 is 0 Å². The SMILES string of the molecule is CC(C)N(CCO)c1ccc(C=O)o1. The number of nitrogens with zero attached hydrogens (tertiary/aromatic N) is 1. The van der Waals surface area contributed by atoms with Crippen LogP contribution in [0.5, 0.6) is 0 Å². The van der Waals surface area contributed by atoms with Gasteiger partial charge in [0.05, 0.1) is 6.61 Å². The van der Waals surface area contributed by atoms with Crippen LogP contribution in [0.25, 0.3) is 0 Å². The van der Waals surface area contributed by atoms with E-state index < -0.39 is 0 Å². The summed E-state index contributed by atoms with van der Waals surface area (Å²) in [6, 6.07) is 3.59. The van der Waals surface area contributed by atoms with E-state index in [1.165, 1.54) is 0 Å². The number of aliphatic hydroxyl groups excluding tert-OH is 1. The Bertz CT molecular complexity index is 293. The van der Waals surface area contributed by atoms with Crippen molar-refractivity contribution in [3.63, 3.8) is 0 Å². The second kappa shape index (κ2) is 4.81. The van der Waals surface area contributed by atoms with E-state index in [1.807, 2.05) is 18.7 Å². The maximum Gasteiger partial charge on any atom is 0.196 e. The molecule has 0 amide bonds. The van der Waals surface area contributed by atoms with Gasteiger partial charge in [-0.05, 0) is 19.9 Å². The summed E-state index contributed by atoms with van der Waals surface area (Å²) in [5.41, 5.74) is 0. The predicted octanol–water partition coefficient (Wildman–Crippen LogP) is 1.30. The van der Waals surface area contributed by atoms with Crippen molar-refractivity contribution in [2.75, 3.05) is 18.1 Å². The van der Waals surface area contributed by atoms with Gasteiger partial charge in [0.15, 0.2) is 17.9 Å². The molecule has 4 heteroatoms. The monoisotopic (exact) mass is 197 g/mol. The highest BCUT2D eigenvalue weighted by atomic mass is 16.4. The third kappa shape index (κ3) is 2.35. The van der Waals surface area contributed by atoms with Crippen molar-refractivity contribution < 1.29 is 14.3 Å². The van der Waals surface area contributed by atoms with Gasteiger partial charge < -0.3 is 14.4 Å². The topological polar surface area (TPSA) is 53.7 Å². The van der Waals surface area contributed by atoms with Gasteiger partial charge in [0.25, 0.3) is 0 Å². The van der Waals surface area contributed by atoms with Crippen LogP contribution >= 0.6 is 0 Å². The van der Waals surface area contributed by atoms with Crippen molar-refractivity contribution in [2.24, 2.45) is 0 Å². The van der Waals surface area contributed by atoms with E-state index in [0.29, 0.717) is 24.5 Å². The summed E-state index contributed by atoms with van der Waals surface area (Å²) in [5.74, 6) is 0.930. The van der Waals surface area contributed by atoms with Crippen LogP contribution in [0.3, 0.4) is 0 Å². The first-order valence-corrected chi connectivity index (χ1v) is 4.61. The highest BCUT2D eigenvalue weighted by Crippen LogP contribution is 2.19. The van der Waals surface area contributed by atoms with Crippen LogP contribution in [-0.2, 0) is 0 Å². The highest BCUT2D eigenvalue weighted by molar-refractivity contribution is 5.71. The highest BCUT2D eigenvalue weighted by Gasteiger charge is 2.13. The fourth-order valence-electron chi connectivity index (χ4n) is 1.29. The Labute approximate surface area is 83.1 Å². The number of furan rings is 1. The number of carbonyl (C=O) groups is 1. The molecule has 78 valence electrons. The fraction of sp³-hybridized carbons (Fsp3) is 0.500. The minimum absolute atomic E-state index is 0.0648. The molecule has 0 fully saturated rings. The zero-order valence-corrected chi connectivity index (χ0v) is 8.43. The Kier molecular flexibility index (Phi) is 3.71. The number of aliphatic hydroxyl groups is 1.